The summed E-state index contributed by atoms with van der Waals surface area (Å²) in [4.78, 5) is 24.5. The molecule has 0 aromatic heterocycles. The molecule has 2 unspecified atom stereocenters. The van der Waals surface area contributed by atoms with E-state index in [0.717, 1.165) is 6.42 Å². The van der Waals surface area contributed by atoms with Crippen molar-refractivity contribution >= 4 is 11.8 Å². The van der Waals surface area contributed by atoms with Gasteiger partial charge in [-0.25, -0.2) is 0 Å². The average molecular weight is 341 g/mol. The number of nitrogens with one attached hydrogen (secondary N) is 2. The Morgan fingerprint density at radius 2 is 1.96 bits per heavy atom. The van der Waals surface area contributed by atoms with Crippen molar-refractivity contribution in [2.75, 3.05) is 20.3 Å². The van der Waals surface area contributed by atoms with Crippen LogP contribution in [-0.2, 0) is 14.3 Å². The fourth-order valence-electron chi connectivity index (χ4n) is 3.46. The summed E-state index contributed by atoms with van der Waals surface area (Å²) in [6.07, 6.45) is 5.41. The zero-order valence-electron chi connectivity index (χ0n) is 16.3. The summed E-state index contributed by atoms with van der Waals surface area (Å²) < 4.78 is 5.07. The molecular formula is C19H36N2O3. The first-order chi connectivity index (χ1) is 11.1. The van der Waals surface area contributed by atoms with Gasteiger partial charge in [0.25, 0.3) is 0 Å². The molecule has 0 radical (unpaired) electrons. The van der Waals surface area contributed by atoms with Crippen LogP contribution in [0.25, 0.3) is 0 Å². The van der Waals surface area contributed by atoms with Crippen molar-refractivity contribution in [2.45, 2.75) is 72.8 Å². The molecule has 2 atom stereocenters. The SMILES string of the molecule is COCC(C)(C)C(=O)NCC(C)NC(=O)CC1CCCCC1(C)C. The first kappa shape index (κ1) is 20.9. The zero-order valence-corrected chi connectivity index (χ0v) is 16.3. The lowest BCUT2D eigenvalue weighted by atomic mass is 9.67. The Balaban J connectivity index is 2.38. The van der Waals surface area contributed by atoms with Crippen LogP contribution in [0, 0.1) is 16.7 Å². The van der Waals surface area contributed by atoms with Gasteiger partial charge in [-0.2, -0.15) is 0 Å². The highest BCUT2D eigenvalue weighted by atomic mass is 16.5. The van der Waals surface area contributed by atoms with Gasteiger partial charge in [-0.15, -0.1) is 0 Å². The molecule has 2 amide bonds. The van der Waals surface area contributed by atoms with E-state index in [1.165, 1.54) is 19.3 Å². The summed E-state index contributed by atoms with van der Waals surface area (Å²) in [7, 11) is 1.59. The molecule has 1 aliphatic carbocycles. The molecule has 1 rings (SSSR count). The quantitative estimate of drug-likeness (QED) is 0.714. The summed E-state index contributed by atoms with van der Waals surface area (Å²) in [5.74, 6) is 0.486. The van der Waals surface area contributed by atoms with E-state index in [0.29, 0.717) is 25.5 Å². The van der Waals surface area contributed by atoms with Gasteiger partial charge >= 0.3 is 0 Å². The molecule has 1 saturated carbocycles. The van der Waals surface area contributed by atoms with Gasteiger partial charge in [0.05, 0.1) is 12.0 Å². The van der Waals surface area contributed by atoms with Crippen LogP contribution < -0.4 is 10.6 Å². The second kappa shape index (κ2) is 8.84. The molecular weight excluding hydrogens is 304 g/mol. The second-order valence-electron chi connectivity index (χ2n) is 8.63. The Labute approximate surface area is 147 Å². The van der Waals surface area contributed by atoms with Crippen molar-refractivity contribution < 1.29 is 14.3 Å². The third-order valence-electron chi connectivity index (χ3n) is 5.26. The Morgan fingerprint density at radius 3 is 2.54 bits per heavy atom. The monoisotopic (exact) mass is 340 g/mol. The van der Waals surface area contributed by atoms with Crippen molar-refractivity contribution in [3.05, 3.63) is 0 Å². The minimum absolute atomic E-state index is 0.0566. The summed E-state index contributed by atoms with van der Waals surface area (Å²) in [5, 5.41) is 5.92. The fraction of sp³-hybridized carbons (Fsp3) is 0.895. The maximum atomic E-state index is 12.3. The average Bonchev–Trinajstić information content (AvgIpc) is 2.46. The third kappa shape index (κ3) is 6.42. The van der Waals surface area contributed by atoms with Gasteiger partial charge in [-0.05, 0) is 44.9 Å². The van der Waals surface area contributed by atoms with Crippen LogP contribution in [0.1, 0.15) is 66.7 Å². The van der Waals surface area contributed by atoms with Gasteiger partial charge in [-0.3, -0.25) is 9.59 Å². The fourth-order valence-corrected chi connectivity index (χ4v) is 3.46. The number of hydrogen-bond donors (Lipinski definition) is 2. The highest BCUT2D eigenvalue weighted by molar-refractivity contribution is 5.82. The highest BCUT2D eigenvalue weighted by Crippen LogP contribution is 2.42. The highest BCUT2D eigenvalue weighted by Gasteiger charge is 2.33. The third-order valence-corrected chi connectivity index (χ3v) is 5.26. The molecule has 1 aliphatic rings. The van der Waals surface area contributed by atoms with Crippen LogP contribution in [0.4, 0.5) is 0 Å². The first-order valence-electron chi connectivity index (χ1n) is 9.15. The van der Waals surface area contributed by atoms with Crippen molar-refractivity contribution in [2.24, 2.45) is 16.7 Å². The molecule has 0 heterocycles. The normalized spacial score (nSPS) is 21.8. The van der Waals surface area contributed by atoms with E-state index in [-0.39, 0.29) is 23.3 Å². The predicted octanol–water partition coefficient (Wildman–Crippen LogP) is 2.89. The summed E-state index contributed by atoms with van der Waals surface area (Å²) in [6, 6.07) is -0.0773. The standard InChI is InChI=1S/C19H36N2O3/c1-14(12-20-17(23)19(4,5)13-24-6)21-16(22)11-15-9-7-8-10-18(15,2)3/h14-15H,7-13H2,1-6H3,(H,20,23)(H,21,22). The minimum Gasteiger partial charge on any atom is -0.384 e. The molecule has 0 bridgehead atoms. The Hall–Kier alpha value is -1.10. The van der Waals surface area contributed by atoms with Gasteiger partial charge in [-0.1, -0.05) is 26.7 Å². The number of carbonyl (C=O) groups excluding carboxylic acids is 2. The van der Waals surface area contributed by atoms with E-state index in [1.54, 1.807) is 7.11 Å². The topological polar surface area (TPSA) is 67.4 Å². The van der Waals surface area contributed by atoms with Crippen molar-refractivity contribution in [3.8, 4) is 0 Å². The Kier molecular flexibility index (Phi) is 7.71. The maximum absolute atomic E-state index is 12.3. The van der Waals surface area contributed by atoms with Crippen molar-refractivity contribution in [1.82, 2.24) is 10.6 Å². The van der Waals surface area contributed by atoms with Crippen LogP contribution in [0.5, 0.6) is 0 Å². The number of hydrogen-bond acceptors (Lipinski definition) is 3. The van der Waals surface area contributed by atoms with Crippen molar-refractivity contribution in [3.63, 3.8) is 0 Å². The lowest BCUT2D eigenvalue weighted by Crippen LogP contribution is -2.47. The molecule has 0 aromatic rings. The number of rotatable bonds is 8. The predicted molar refractivity (Wildman–Crippen MR) is 96.6 cm³/mol. The Bertz CT molecular complexity index is 432. The lowest BCUT2D eigenvalue weighted by Gasteiger charge is -2.38. The van der Waals surface area contributed by atoms with E-state index in [1.807, 2.05) is 20.8 Å². The van der Waals surface area contributed by atoms with E-state index in [4.69, 9.17) is 4.74 Å². The molecule has 0 saturated heterocycles. The summed E-state index contributed by atoms with van der Waals surface area (Å²) in [5.41, 5.74) is -0.318. The van der Waals surface area contributed by atoms with Gasteiger partial charge in [0, 0.05) is 26.1 Å². The van der Waals surface area contributed by atoms with Gasteiger partial charge in [0.1, 0.15) is 0 Å². The summed E-state index contributed by atoms with van der Waals surface area (Å²) >= 11 is 0. The first-order valence-corrected chi connectivity index (χ1v) is 9.15. The number of carbonyl (C=O) groups is 2. The molecule has 1 fully saturated rings. The summed E-state index contributed by atoms with van der Waals surface area (Å²) in [6.45, 7) is 11.0. The van der Waals surface area contributed by atoms with Crippen LogP contribution in [0.3, 0.4) is 0 Å². The number of ether oxygens (including phenoxy) is 1. The van der Waals surface area contributed by atoms with Crippen LogP contribution in [0.2, 0.25) is 0 Å². The molecule has 0 spiro atoms. The van der Waals surface area contributed by atoms with E-state index >= 15 is 0 Å². The van der Waals surface area contributed by atoms with Gasteiger partial charge in [0.2, 0.25) is 11.8 Å². The van der Waals surface area contributed by atoms with E-state index in [2.05, 4.69) is 24.5 Å². The van der Waals surface area contributed by atoms with Crippen LogP contribution in [-0.4, -0.2) is 38.1 Å². The van der Waals surface area contributed by atoms with E-state index in [9.17, 15) is 9.59 Å². The van der Waals surface area contributed by atoms with Crippen LogP contribution in [0.15, 0.2) is 0 Å². The molecule has 140 valence electrons. The molecule has 5 nitrogen and oxygen atoms in total. The maximum Gasteiger partial charge on any atom is 0.228 e. The molecule has 5 heteroatoms. The molecule has 0 aliphatic heterocycles. The second-order valence-corrected chi connectivity index (χ2v) is 8.63. The number of amides is 2. The van der Waals surface area contributed by atoms with Crippen molar-refractivity contribution in [1.29, 1.82) is 0 Å². The van der Waals surface area contributed by atoms with Gasteiger partial charge in [0.15, 0.2) is 0 Å². The number of methoxy groups -OCH3 is 1. The molecule has 0 aromatic carbocycles. The van der Waals surface area contributed by atoms with Crippen LogP contribution >= 0.6 is 0 Å². The Morgan fingerprint density at radius 1 is 1.29 bits per heavy atom. The largest absolute Gasteiger partial charge is 0.384 e. The molecule has 2 N–H and O–H groups in total. The smallest absolute Gasteiger partial charge is 0.228 e. The minimum atomic E-state index is -0.565. The molecule has 24 heavy (non-hydrogen) atoms. The van der Waals surface area contributed by atoms with E-state index < -0.39 is 5.41 Å². The van der Waals surface area contributed by atoms with Gasteiger partial charge < -0.3 is 15.4 Å². The zero-order chi connectivity index (χ0) is 18.4. The lowest BCUT2D eigenvalue weighted by molar-refractivity contribution is -0.132.